The van der Waals surface area contributed by atoms with Crippen LogP contribution in [0.25, 0.3) is 0 Å². The van der Waals surface area contributed by atoms with Gasteiger partial charge in [-0.25, -0.2) is 4.79 Å². The van der Waals surface area contributed by atoms with Gasteiger partial charge in [-0.2, -0.15) is 0 Å². The summed E-state index contributed by atoms with van der Waals surface area (Å²) < 4.78 is 10.2. The molecular weight excluding hydrogens is 180 g/mol. The maximum atomic E-state index is 11.0. The van der Waals surface area contributed by atoms with Crippen molar-refractivity contribution >= 4 is 5.97 Å². The normalized spacial score (nSPS) is 12.2. The lowest BCUT2D eigenvalue weighted by Crippen LogP contribution is -2.18. The van der Waals surface area contributed by atoms with Crippen molar-refractivity contribution in [3.63, 3.8) is 0 Å². The molecule has 0 aliphatic heterocycles. The van der Waals surface area contributed by atoms with Gasteiger partial charge in [0.15, 0.2) is 6.29 Å². The van der Waals surface area contributed by atoms with Crippen LogP contribution >= 0.6 is 0 Å². The van der Waals surface area contributed by atoms with Gasteiger partial charge in [-0.05, 0) is 20.3 Å². The van der Waals surface area contributed by atoms with Crippen molar-refractivity contribution in [2.75, 3.05) is 6.61 Å². The third-order valence-electron chi connectivity index (χ3n) is 1.72. The maximum absolute atomic E-state index is 11.0. The molecule has 0 heterocycles. The summed E-state index contributed by atoms with van der Waals surface area (Å²) in [5, 5.41) is 0. The van der Waals surface area contributed by atoms with Crippen LogP contribution in [0.15, 0.2) is 12.2 Å². The van der Waals surface area contributed by atoms with E-state index in [1.54, 1.807) is 13.8 Å². The van der Waals surface area contributed by atoms with E-state index >= 15 is 0 Å². The highest BCUT2D eigenvalue weighted by atomic mass is 16.7. The predicted octanol–water partition coefficient (Wildman–Crippen LogP) is 2.66. The largest absolute Gasteiger partial charge is 0.433 e. The first-order valence-electron chi connectivity index (χ1n) is 5.06. The topological polar surface area (TPSA) is 35.5 Å². The molecular formula is C11H20O3. The Morgan fingerprint density at radius 1 is 1.43 bits per heavy atom. The number of esters is 1. The summed E-state index contributed by atoms with van der Waals surface area (Å²) in [6.45, 7) is 9.59. The van der Waals surface area contributed by atoms with Crippen LogP contribution < -0.4 is 0 Å². The quantitative estimate of drug-likeness (QED) is 0.274. The van der Waals surface area contributed by atoms with Crippen molar-refractivity contribution < 1.29 is 14.3 Å². The third-order valence-corrected chi connectivity index (χ3v) is 1.72. The SMILES string of the molecule is C=C(C)C(=O)OC(C)OCCCCC. The second kappa shape index (κ2) is 7.56. The lowest BCUT2D eigenvalue weighted by Gasteiger charge is -2.13. The fraction of sp³-hybridized carbons (Fsp3) is 0.727. The molecule has 3 heteroatoms. The lowest BCUT2D eigenvalue weighted by molar-refractivity contribution is -0.170. The first kappa shape index (κ1) is 13.2. The zero-order chi connectivity index (χ0) is 11.0. The lowest BCUT2D eigenvalue weighted by atomic mass is 10.3. The van der Waals surface area contributed by atoms with Gasteiger partial charge >= 0.3 is 5.97 Å². The highest BCUT2D eigenvalue weighted by Crippen LogP contribution is 2.02. The zero-order valence-electron chi connectivity index (χ0n) is 9.34. The van der Waals surface area contributed by atoms with Crippen molar-refractivity contribution in [2.45, 2.75) is 46.3 Å². The number of hydrogen-bond donors (Lipinski definition) is 0. The molecule has 0 aromatic heterocycles. The molecule has 1 unspecified atom stereocenters. The highest BCUT2D eigenvalue weighted by molar-refractivity contribution is 5.86. The first-order valence-corrected chi connectivity index (χ1v) is 5.06. The van der Waals surface area contributed by atoms with E-state index in [2.05, 4.69) is 13.5 Å². The molecule has 0 aliphatic rings. The standard InChI is InChI=1S/C11H20O3/c1-5-6-7-8-13-10(4)14-11(12)9(2)3/h10H,2,5-8H2,1,3-4H3. The van der Waals surface area contributed by atoms with Gasteiger partial charge in [0.25, 0.3) is 0 Å². The second-order valence-electron chi connectivity index (χ2n) is 3.33. The van der Waals surface area contributed by atoms with Gasteiger partial charge in [0.2, 0.25) is 0 Å². The Bertz CT molecular complexity index is 187. The summed E-state index contributed by atoms with van der Waals surface area (Å²) in [5.41, 5.74) is 0.397. The highest BCUT2D eigenvalue weighted by Gasteiger charge is 2.09. The van der Waals surface area contributed by atoms with E-state index in [-0.39, 0.29) is 0 Å². The number of hydrogen-bond acceptors (Lipinski definition) is 3. The van der Waals surface area contributed by atoms with Crippen LogP contribution in [-0.4, -0.2) is 18.9 Å². The van der Waals surface area contributed by atoms with E-state index in [1.807, 2.05) is 0 Å². The number of rotatable bonds is 7. The van der Waals surface area contributed by atoms with E-state index in [0.29, 0.717) is 12.2 Å². The summed E-state index contributed by atoms with van der Waals surface area (Å²) in [6.07, 6.45) is 2.83. The average Bonchev–Trinajstić information content (AvgIpc) is 2.12. The Hall–Kier alpha value is -0.830. The number of unbranched alkanes of at least 4 members (excludes halogenated alkanes) is 2. The van der Waals surface area contributed by atoms with Crippen molar-refractivity contribution in [1.82, 2.24) is 0 Å². The van der Waals surface area contributed by atoms with Gasteiger partial charge in [-0.3, -0.25) is 0 Å². The van der Waals surface area contributed by atoms with E-state index in [9.17, 15) is 4.79 Å². The first-order chi connectivity index (χ1) is 6.57. The molecule has 0 aliphatic carbocycles. The Labute approximate surface area is 86.1 Å². The van der Waals surface area contributed by atoms with Gasteiger partial charge in [0.05, 0.1) is 6.61 Å². The van der Waals surface area contributed by atoms with Crippen molar-refractivity contribution in [2.24, 2.45) is 0 Å². The molecule has 14 heavy (non-hydrogen) atoms. The van der Waals surface area contributed by atoms with Crippen LogP contribution in [0.5, 0.6) is 0 Å². The molecule has 0 bridgehead atoms. The van der Waals surface area contributed by atoms with Crippen molar-refractivity contribution in [3.05, 3.63) is 12.2 Å². The maximum Gasteiger partial charge on any atom is 0.335 e. The van der Waals surface area contributed by atoms with Crippen LogP contribution in [0, 0.1) is 0 Å². The van der Waals surface area contributed by atoms with E-state index in [0.717, 1.165) is 19.3 Å². The Morgan fingerprint density at radius 3 is 2.57 bits per heavy atom. The Kier molecular flexibility index (Phi) is 7.11. The van der Waals surface area contributed by atoms with Crippen LogP contribution in [0.2, 0.25) is 0 Å². The molecule has 82 valence electrons. The van der Waals surface area contributed by atoms with Crippen molar-refractivity contribution in [1.29, 1.82) is 0 Å². The molecule has 0 saturated carbocycles. The summed E-state index contributed by atoms with van der Waals surface area (Å²) in [5.74, 6) is -0.395. The minimum Gasteiger partial charge on any atom is -0.433 e. The average molecular weight is 200 g/mol. The van der Waals surface area contributed by atoms with Gasteiger partial charge in [-0.1, -0.05) is 26.3 Å². The van der Waals surface area contributed by atoms with E-state index in [4.69, 9.17) is 9.47 Å². The molecule has 0 spiro atoms. The number of carbonyl (C=O) groups excluding carboxylic acids is 1. The van der Waals surface area contributed by atoms with Crippen molar-refractivity contribution in [3.8, 4) is 0 Å². The molecule has 0 rings (SSSR count). The molecule has 0 fully saturated rings. The number of ether oxygens (including phenoxy) is 2. The Balaban J connectivity index is 3.50. The van der Waals surface area contributed by atoms with E-state index < -0.39 is 12.3 Å². The summed E-state index contributed by atoms with van der Waals surface area (Å²) in [4.78, 5) is 11.0. The molecule has 0 aromatic carbocycles. The number of carbonyl (C=O) groups is 1. The molecule has 0 radical (unpaired) electrons. The van der Waals surface area contributed by atoms with Gasteiger partial charge in [-0.15, -0.1) is 0 Å². The minimum absolute atomic E-state index is 0.395. The van der Waals surface area contributed by atoms with Crippen LogP contribution in [-0.2, 0) is 14.3 Å². The fourth-order valence-electron chi connectivity index (χ4n) is 0.887. The summed E-state index contributed by atoms with van der Waals surface area (Å²) in [6, 6.07) is 0. The molecule has 0 amide bonds. The minimum atomic E-state index is -0.476. The van der Waals surface area contributed by atoms with Gasteiger partial charge in [0.1, 0.15) is 0 Å². The zero-order valence-corrected chi connectivity index (χ0v) is 9.34. The van der Waals surface area contributed by atoms with E-state index in [1.165, 1.54) is 0 Å². The summed E-state index contributed by atoms with van der Waals surface area (Å²) in [7, 11) is 0. The monoisotopic (exact) mass is 200 g/mol. The van der Waals surface area contributed by atoms with Crippen LogP contribution in [0.1, 0.15) is 40.0 Å². The molecule has 0 aromatic rings. The van der Waals surface area contributed by atoms with Gasteiger partial charge < -0.3 is 9.47 Å². The molecule has 0 saturated heterocycles. The Morgan fingerprint density at radius 2 is 2.07 bits per heavy atom. The van der Waals surface area contributed by atoms with Gasteiger partial charge in [0, 0.05) is 5.57 Å². The van der Waals surface area contributed by atoms with Crippen LogP contribution in [0.3, 0.4) is 0 Å². The second-order valence-corrected chi connectivity index (χ2v) is 3.33. The smallest absolute Gasteiger partial charge is 0.335 e. The molecule has 1 atom stereocenters. The third kappa shape index (κ3) is 6.66. The molecule has 0 N–H and O–H groups in total. The predicted molar refractivity (Wildman–Crippen MR) is 55.8 cm³/mol. The molecule has 3 nitrogen and oxygen atoms in total. The van der Waals surface area contributed by atoms with Crippen LogP contribution in [0.4, 0.5) is 0 Å². The fourth-order valence-corrected chi connectivity index (χ4v) is 0.887. The summed E-state index contributed by atoms with van der Waals surface area (Å²) >= 11 is 0.